The first-order chi connectivity index (χ1) is 7.29. The topological polar surface area (TPSA) is 28.4 Å². The van der Waals surface area contributed by atoms with Gasteiger partial charge in [0.1, 0.15) is 0 Å². The minimum atomic E-state index is 0.597. The van der Waals surface area contributed by atoms with Gasteiger partial charge in [0, 0.05) is 37.3 Å². The zero-order valence-corrected chi connectivity index (χ0v) is 9.57. The molecule has 1 aromatic heterocycles. The van der Waals surface area contributed by atoms with Crippen molar-refractivity contribution in [1.82, 2.24) is 10.2 Å². The van der Waals surface area contributed by atoms with E-state index in [1.54, 1.807) is 6.26 Å². The molecule has 3 heteroatoms. The molecule has 1 fully saturated rings. The van der Waals surface area contributed by atoms with E-state index in [1.807, 2.05) is 6.26 Å². The first kappa shape index (κ1) is 10.7. The van der Waals surface area contributed by atoms with Gasteiger partial charge >= 0.3 is 0 Å². The Kier molecular flexibility index (Phi) is 3.44. The van der Waals surface area contributed by atoms with Crippen LogP contribution in [0.2, 0.25) is 0 Å². The second-order valence-electron chi connectivity index (χ2n) is 4.43. The van der Waals surface area contributed by atoms with E-state index in [1.165, 1.54) is 12.0 Å². The second kappa shape index (κ2) is 4.81. The van der Waals surface area contributed by atoms with Crippen LogP contribution in [0.5, 0.6) is 0 Å². The van der Waals surface area contributed by atoms with E-state index in [4.69, 9.17) is 4.42 Å². The number of hydrogen-bond donors (Lipinski definition) is 1. The second-order valence-corrected chi connectivity index (χ2v) is 4.43. The molecule has 0 saturated carbocycles. The van der Waals surface area contributed by atoms with Gasteiger partial charge in [-0.05, 0) is 19.4 Å². The summed E-state index contributed by atoms with van der Waals surface area (Å²) in [5.74, 6) is 0. The summed E-state index contributed by atoms with van der Waals surface area (Å²) >= 11 is 0. The zero-order valence-electron chi connectivity index (χ0n) is 9.57. The largest absolute Gasteiger partial charge is 0.472 e. The van der Waals surface area contributed by atoms with Gasteiger partial charge < -0.3 is 9.73 Å². The van der Waals surface area contributed by atoms with E-state index in [0.29, 0.717) is 12.1 Å². The molecule has 0 radical (unpaired) electrons. The third-order valence-electron chi connectivity index (χ3n) is 3.16. The molecule has 2 rings (SSSR count). The first-order valence-electron chi connectivity index (χ1n) is 5.78. The molecule has 1 saturated heterocycles. The molecular weight excluding hydrogens is 188 g/mol. The number of hydrogen-bond acceptors (Lipinski definition) is 3. The lowest BCUT2D eigenvalue weighted by Gasteiger charge is -2.38. The van der Waals surface area contributed by atoms with Gasteiger partial charge in [0.15, 0.2) is 0 Å². The highest BCUT2D eigenvalue weighted by Gasteiger charge is 2.24. The van der Waals surface area contributed by atoms with Crippen molar-refractivity contribution in [2.24, 2.45) is 0 Å². The molecule has 1 aromatic rings. The van der Waals surface area contributed by atoms with Gasteiger partial charge in [-0.15, -0.1) is 0 Å². The average Bonchev–Trinajstić information content (AvgIpc) is 2.71. The van der Waals surface area contributed by atoms with Crippen molar-refractivity contribution >= 4 is 0 Å². The van der Waals surface area contributed by atoms with Crippen molar-refractivity contribution in [3.05, 3.63) is 24.2 Å². The van der Waals surface area contributed by atoms with Crippen LogP contribution in [-0.4, -0.2) is 30.1 Å². The van der Waals surface area contributed by atoms with Crippen molar-refractivity contribution in [2.75, 3.05) is 13.1 Å². The van der Waals surface area contributed by atoms with Crippen LogP contribution in [0, 0.1) is 0 Å². The molecule has 84 valence electrons. The quantitative estimate of drug-likeness (QED) is 0.821. The highest BCUT2D eigenvalue weighted by atomic mass is 16.3. The molecule has 15 heavy (non-hydrogen) atoms. The predicted octanol–water partition coefficient (Wildman–Crippen LogP) is 1.85. The molecule has 2 heterocycles. The van der Waals surface area contributed by atoms with Crippen LogP contribution in [0.1, 0.15) is 25.8 Å². The summed E-state index contributed by atoms with van der Waals surface area (Å²) in [6.45, 7) is 7.75. The third kappa shape index (κ3) is 2.61. The monoisotopic (exact) mass is 208 g/mol. The molecule has 0 bridgehead atoms. The van der Waals surface area contributed by atoms with Crippen molar-refractivity contribution in [2.45, 2.75) is 38.9 Å². The lowest BCUT2D eigenvalue weighted by atomic mass is 10.1. The fraction of sp³-hybridized carbons (Fsp3) is 0.667. The summed E-state index contributed by atoms with van der Waals surface area (Å²) in [7, 11) is 0. The SMILES string of the molecule is CCC1CNC(C)CN1Cc1ccoc1. The van der Waals surface area contributed by atoms with Crippen LogP contribution in [0.3, 0.4) is 0 Å². The fourth-order valence-electron chi connectivity index (χ4n) is 2.25. The van der Waals surface area contributed by atoms with Crippen LogP contribution >= 0.6 is 0 Å². The van der Waals surface area contributed by atoms with E-state index >= 15 is 0 Å². The molecular formula is C12H20N2O. The van der Waals surface area contributed by atoms with Gasteiger partial charge in [0.25, 0.3) is 0 Å². The summed E-state index contributed by atoms with van der Waals surface area (Å²) in [4.78, 5) is 2.55. The Bertz CT molecular complexity index is 284. The van der Waals surface area contributed by atoms with Gasteiger partial charge in [0.05, 0.1) is 12.5 Å². The Labute approximate surface area is 91.4 Å². The van der Waals surface area contributed by atoms with Crippen LogP contribution in [0.15, 0.2) is 23.0 Å². The van der Waals surface area contributed by atoms with Crippen molar-refractivity contribution in [1.29, 1.82) is 0 Å². The molecule has 2 unspecified atom stereocenters. The molecule has 0 aromatic carbocycles. The van der Waals surface area contributed by atoms with Crippen LogP contribution in [0.25, 0.3) is 0 Å². The smallest absolute Gasteiger partial charge is 0.0947 e. The average molecular weight is 208 g/mol. The van der Waals surface area contributed by atoms with E-state index < -0.39 is 0 Å². The molecule has 1 aliphatic rings. The highest BCUT2D eigenvalue weighted by Crippen LogP contribution is 2.14. The molecule has 0 aliphatic carbocycles. The summed E-state index contributed by atoms with van der Waals surface area (Å²) in [6, 6.07) is 3.31. The Hall–Kier alpha value is -0.800. The van der Waals surface area contributed by atoms with Gasteiger partial charge in [-0.3, -0.25) is 4.90 Å². The first-order valence-corrected chi connectivity index (χ1v) is 5.78. The number of rotatable bonds is 3. The van der Waals surface area contributed by atoms with E-state index in [2.05, 4.69) is 30.1 Å². The van der Waals surface area contributed by atoms with Crippen molar-refractivity contribution in [3.63, 3.8) is 0 Å². The van der Waals surface area contributed by atoms with E-state index in [9.17, 15) is 0 Å². The Balaban J connectivity index is 1.98. The van der Waals surface area contributed by atoms with Crippen LogP contribution in [-0.2, 0) is 6.54 Å². The minimum Gasteiger partial charge on any atom is -0.472 e. The van der Waals surface area contributed by atoms with Gasteiger partial charge in [-0.2, -0.15) is 0 Å². The predicted molar refractivity (Wildman–Crippen MR) is 60.7 cm³/mol. The van der Waals surface area contributed by atoms with E-state index in [0.717, 1.165) is 19.6 Å². The summed E-state index contributed by atoms with van der Waals surface area (Å²) in [5.41, 5.74) is 1.28. The summed E-state index contributed by atoms with van der Waals surface area (Å²) in [5, 5.41) is 3.53. The molecule has 0 amide bonds. The maximum absolute atomic E-state index is 5.11. The summed E-state index contributed by atoms with van der Waals surface area (Å²) in [6.07, 6.45) is 4.80. The van der Waals surface area contributed by atoms with Gasteiger partial charge in [0.2, 0.25) is 0 Å². The molecule has 1 aliphatic heterocycles. The normalized spacial score (nSPS) is 28.1. The number of furan rings is 1. The number of nitrogens with zero attached hydrogens (tertiary/aromatic N) is 1. The van der Waals surface area contributed by atoms with Crippen molar-refractivity contribution in [3.8, 4) is 0 Å². The number of piperazine rings is 1. The van der Waals surface area contributed by atoms with Crippen molar-refractivity contribution < 1.29 is 4.42 Å². The molecule has 3 nitrogen and oxygen atoms in total. The number of nitrogens with one attached hydrogen (secondary N) is 1. The maximum Gasteiger partial charge on any atom is 0.0947 e. The molecule has 1 N–H and O–H groups in total. The van der Waals surface area contributed by atoms with Gasteiger partial charge in [-0.25, -0.2) is 0 Å². The lowest BCUT2D eigenvalue weighted by molar-refractivity contribution is 0.124. The van der Waals surface area contributed by atoms with E-state index in [-0.39, 0.29) is 0 Å². The van der Waals surface area contributed by atoms with Crippen LogP contribution < -0.4 is 5.32 Å². The Morgan fingerprint density at radius 2 is 2.47 bits per heavy atom. The van der Waals surface area contributed by atoms with Crippen LogP contribution in [0.4, 0.5) is 0 Å². The highest BCUT2D eigenvalue weighted by molar-refractivity contribution is 5.05. The summed E-state index contributed by atoms with van der Waals surface area (Å²) < 4.78 is 5.11. The Morgan fingerprint density at radius 3 is 3.13 bits per heavy atom. The van der Waals surface area contributed by atoms with Gasteiger partial charge in [-0.1, -0.05) is 6.92 Å². The Morgan fingerprint density at radius 1 is 1.60 bits per heavy atom. The molecule has 2 atom stereocenters. The lowest BCUT2D eigenvalue weighted by Crippen LogP contribution is -2.54. The zero-order chi connectivity index (χ0) is 10.7. The standard InChI is InChI=1S/C12H20N2O/c1-3-12-6-13-10(2)7-14(12)8-11-4-5-15-9-11/h4-5,9-10,12-13H,3,6-8H2,1-2H3. The third-order valence-corrected chi connectivity index (χ3v) is 3.16. The minimum absolute atomic E-state index is 0.597. The maximum atomic E-state index is 5.11. The molecule has 0 spiro atoms. The fourth-order valence-corrected chi connectivity index (χ4v) is 2.25.